The molecule has 0 atom stereocenters. The molecule has 142 valence electrons. The molecular weight excluding hydrogens is 324 g/mol. The SMILES string of the molecule is CN(C)CCOc1ccc(CCc2ccc(OCCN(C)C)cc2)cc1. The van der Waals surface area contributed by atoms with Gasteiger partial charge in [0.05, 0.1) is 0 Å². The van der Waals surface area contributed by atoms with Gasteiger partial charge in [-0.2, -0.15) is 0 Å². The maximum Gasteiger partial charge on any atom is 0.119 e. The van der Waals surface area contributed by atoms with Crippen molar-refractivity contribution in [3.8, 4) is 11.5 Å². The molecule has 0 aliphatic carbocycles. The van der Waals surface area contributed by atoms with Crippen molar-refractivity contribution in [3.05, 3.63) is 59.7 Å². The Morgan fingerprint density at radius 2 is 0.923 bits per heavy atom. The molecule has 0 aliphatic heterocycles. The third-order valence-electron chi connectivity index (χ3n) is 4.16. The Kier molecular flexibility index (Phi) is 8.45. The fourth-order valence-electron chi connectivity index (χ4n) is 2.49. The third-order valence-corrected chi connectivity index (χ3v) is 4.16. The van der Waals surface area contributed by atoms with E-state index < -0.39 is 0 Å². The van der Waals surface area contributed by atoms with Crippen LogP contribution in [0.4, 0.5) is 0 Å². The summed E-state index contributed by atoms with van der Waals surface area (Å²) in [5, 5.41) is 0. The van der Waals surface area contributed by atoms with Crippen LogP contribution in [0.1, 0.15) is 11.1 Å². The van der Waals surface area contributed by atoms with Gasteiger partial charge in [0, 0.05) is 13.1 Å². The summed E-state index contributed by atoms with van der Waals surface area (Å²) in [4.78, 5) is 4.24. The monoisotopic (exact) mass is 356 g/mol. The van der Waals surface area contributed by atoms with Crippen molar-refractivity contribution in [1.29, 1.82) is 0 Å². The van der Waals surface area contributed by atoms with E-state index in [-0.39, 0.29) is 0 Å². The topological polar surface area (TPSA) is 24.9 Å². The quantitative estimate of drug-likeness (QED) is 0.616. The molecule has 2 rings (SSSR count). The summed E-state index contributed by atoms with van der Waals surface area (Å²) in [6.07, 6.45) is 2.05. The number of benzene rings is 2. The molecule has 0 unspecified atom stereocenters. The van der Waals surface area contributed by atoms with E-state index in [1.807, 2.05) is 0 Å². The zero-order valence-electron chi connectivity index (χ0n) is 16.6. The van der Waals surface area contributed by atoms with E-state index in [1.54, 1.807) is 0 Å². The summed E-state index contributed by atoms with van der Waals surface area (Å²) in [5.41, 5.74) is 2.66. The van der Waals surface area contributed by atoms with Gasteiger partial charge in [0.25, 0.3) is 0 Å². The minimum Gasteiger partial charge on any atom is -0.492 e. The van der Waals surface area contributed by atoms with Crippen molar-refractivity contribution in [2.75, 3.05) is 54.5 Å². The van der Waals surface area contributed by atoms with Gasteiger partial charge in [0.15, 0.2) is 0 Å². The van der Waals surface area contributed by atoms with Crippen LogP contribution in [0, 0.1) is 0 Å². The van der Waals surface area contributed by atoms with Crippen LogP contribution in [0.3, 0.4) is 0 Å². The first-order chi connectivity index (χ1) is 12.5. The minimum atomic E-state index is 0.718. The first-order valence-electron chi connectivity index (χ1n) is 9.26. The number of ether oxygens (including phenoxy) is 2. The van der Waals surface area contributed by atoms with Crippen LogP contribution in [-0.2, 0) is 12.8 Å². The minimum absolute atomic E-state index is 0.718. The molecule has 0 N–H and O–H groups in total. The zero-order valence-corrected chi connectivity index (χ0v) is 16.6. The van der Waals surface area contributed by atoms with Crippen molar-refractivity contribution in [3.63, 3.8) is 0 Å². The predicted molar refractivity (Wildman–Crippen MR) is 108 cm³/mol. The van der Waals surface area contributed by atoms with E-state index in [1.165, 1.54) is 11.1 Å². The highest BCUT2D eigenvalue weighted by molar-refractivity contribution is 5.30. The van der Waals surface area contributed by atoms with Gasteiger partial charge in [-0.25, -0.2) is 0 Å². The largest absolute Gasteiger partial charge is 0.492 e. The van der Waals surface area contributed by atoms with Crippen molar-refractivity contribution >= 4 is 0 Å². The molecule has 26 heavy (non-hydrogen) atoms. The van der Waals surface area contributed by atoms with Crippen molar-refractivity contribution in [1.82, 2.24) is 9.80 Å². The molecule has 0 aliphatic rings. The summed E-state index contributed by atoms with van der Waals surface area (Å²) in [6.45, 7) is 3.29. The Bertz CT molecular complexity index is 564. The normalized spacial score (nSPS) is 11.2. The van der Waals surface area contributed by atoms with Crippen molar-refractivity contribution in [2.45, 2.75) is 12.8 Å². The lowest BCUT2D eigenvalue weighted by Crippen LogP contribution is -2.19. The molecule has 0 saturated carbocycles. The van der Waals surface area contributed by atoms with E-state index >= 15 is 0 Å². The Hall–Kier alpha value is -2.04. The molecule has 0 aromatic heterocycles. The lowest BCUT2D eigenvalue weighted by atomic mass is 10.0. The van der Waals surface area contributed by atoms with Gasteiger partial charge in [0.1, 0.15) is 24.7 Å². The van der Waals surface area contributed by atoms with Crippen LogP contribution in [0.5, 0.6) is 11.5 Å². The van der Waals surface area contributed by atoms with Crippen LogP contribution >= 0.6 is 0 Å². The molecule has 0 fully saturated rings. The van der Waals surface area contributed by atoms with Gasteiger partial charge in [0.2, 0.25) is 0 Å². The molecule has 4 heteroatoms. The molecule has 4 nitrogen and oxygen atoms in total. The van der Waals surface area contributed by atoms with Gasteiger partial charge in [-0.15, -0.1) is 0 Å². The van der Waals surface area contributed by atoms with E-state index in [2.05, 4.69) is 86.5 Å². The fourth-order valence-corrected chi connectivity index (χ4v) is 2.49. The molecular formula is C22H32N2O2. The summed E-state index contributed by atoms with van der Waals surface area (Å²) in [7, 11) is 8.20. The van der Waals surface area contributed by atoms with Crippen LogP contribution in [-0.4, -0.2) is 64.3 Å². The molecule has 0 saturated heterocycles. The number of aryl methyl sites for hydroxylation is 2. The number of likely N-dealkylation sites (N-methyl/N-ethyl adjacent to an activating group) is 2. The zero-order chi connectivity index (χ0) is 18.8. The van der Waals surface area contributed by atoms with Crippen LogP contribution in [0.2, 0.25) is 0 Å². The Morgan fingerprint density at radius 3 is 1.23 bits per heavy atom. The molecule has 2 aromatic rings. The second kappa shape index (κ2) is 10.8. The molecule has 0 amide bonds. The van der Waals surface area contributed by atoms with E-state index in [0.717, 1.165) is 50.6 Å². The van der Waals surface area contributed by atoms with E-state index in [0.29, 0.717) is 0 Å². The Labute approximate surface area is 158 Å². The predicted octanol–water partition coefficient (Wildman–Crippen LogP) is 3.35. The first-order valence-corrected chi connectivity index (χ1v) is 9.26. The maximum atomic E-state index is 5.74. The maximum absolute atomic E-state index is 5.74. The van der Waals surface area contributed by atoms with Crippen LogP contribution in [0.25, 0.3) is 0 Å². The standard InChI is InChI=1S/C22H32N2O2/c1-23(2)15-17-25-21-11-7-19(8-12-21)5-6-20-9-13-22(14-10-20)26-18-16-24(3)4/h7-14H,5-6,15-18H2,1-4H3. The smallest absolute Gasteiger partial charge is 0.119 e. The van der Waals surface area contributed by atoms with Crippen molar-refractivity contribution in [2.24, 2.45) is 0 Å². The molecule has 2 aromatic carbocycles. The van der Waals surface area contributed by atoms with E-state index in [4.69, 9.17) is 9.47 Å². The number of hydrogen-bond acceptors (Lipinski definition) is 4. The van der Waals surface area contributed by atoms with Gasteiger partial charge in [-0.05, 0) is 76.4 Å². The second-order valence-electron chi connectivity index (χ2n) is 7.09. The number of rotatable bonds is 11. The lowest BCUT2D eigenvalue weighted by Gasteiger charge is -2.12. The fraction of sp³-hybridized carbons (Fsp3) is 0.455. The van der Waals surface area contributed by atoms with Crippen LogP contribution < -0.4 is 9.47 Å². The second-order valence-corrected chi connectivity index (χ2v) is 7.09. The lowest BCUT2D eigenvalue weighted by molar-refractivity contribution is 0.261. The summed E-state index contributed by atoms with van der Waals surface area (Å²) < 4.78 is 11.5. The van der Waals surface area contributed by atoms with Gasteiger partial charge in [-0.3, -0.25) is 0 Å². The summed E-state index contributed by atoms with van der Waals surface area (Å²) in [5.74, 6) is 1.88. The Balaban J connectivity index is 1.74. The first kappa shape index (κ1) is 20.3. The highest BCUT2D eigenvalue weighted by Crippen LogP contribution is 2.16. The highest BCUT2D eigenvalue weighted by atomic mass is 16.5. The third kappa shape index (κ3) is 7.89. The highest BCUT2D eigenvalue weighted by Gasteiger charge is 2.00. The molecule has 0 radical (unpaired) electrons. The molecule has 0 bridgehead atoms. The number of nitrogens with zero attached hydrogens (tertiary/aromatic N) is 2. The average Bonchev–Trinajstić information content (AvgIpc) is 2.61. The summed E-state index contributed by atoms with van der Waals surface area (Å²) in [6, 6.07) is 16.9. The van der Waals surface area contributed by atoms with Gasteiger partial charge in [-0.1, -0.05) is 24.3 Å². The van der Waals surface area contributed by atoms with Gasteiger partial charge >= 0.3 is 0 Å². The van der Waals surface area contributed by atoms with Crippen molar-refractivity contribution < 1.29 is 9.47 Å². The molecule has 0 heterocycles. The van der Waals surface area contributed by atoms with Crippen LogP contribution in [0.15, 0.2) is 48.5 Å². The van der Waals surface area contributed by atoms with E-state index in [9.17, 15) is 0 Å². The average molecular weight is 357 g/mol. The van der Waals surface area contributed by atoms with Gasteiger partial charge < -0.3 is 19.3 Å². The Morgan fingerprint density at radius 1 is 0.577 bits per heavy atom. The summed E-state index contributed by atoms with van der Waals surface area (Å²) >= 11 is 0. The number of hydrogen-bond donors (Lipinski definition) is 0. The molecule has 0 spiro atoms.